The maximum atomic E-state index is 13.2. The third kappa shape index (κ3) is 7.22. The van der Waals surface area contributed by atoms with Crippen LogP contribution in [0.25, 0.3) is 0 Å². The van der Waals surface area contributed by atoms with Gasteiger partial charge in [0, 0.05) is 27.8 Å². The lowest BCUT2D eigenvalue weighted by Gasteiger charge is -2.20. The van der Waals surface area contributed by atoms with Crippen molar-refractivity contribution in [1.29, 1.82) is 0 Å². The van der Waals surface area contributed by atoms with E-state index in [9.17, 15) is 22.8 Å². The SMILES string of the molecule is C#CCO[C@H]1C[C@H](n2cc(C(F)(F)F)c(=O)[nH]c2=O)O[C@@H]1COC(=S)c1ccc(SC(C)(C)C)cc1. The number of benzene rings is 1. The molecular weight excluding hydrogens is 517 g/mol. The Bertz CT molecular complexity index is 1240. The van der Waals surface area contributed by atoms with E-state index in [1.54, 1.807) is 16.7 Å². The smallest absolute Gasteiger partial charge is 0.423 e. The van der Waals surface area contributed by atoms with Gasteiger partial charge in [0.2, 0.25) is 0 Å². The minimum atomic E-state index is -4.95. The zero-order valence-corrected chi connectivity index (χ0v) is 21.4. The number of hydrogen-bond donors (Lipinski definition) is 1. The van der Waals surface area contributed by atoms with Crippen molar-refractivity contribution in [3.05, 3.63) is 62.4 Å². The zero-order valence-electron chi connectivity index (χ0n) is 19.8. The first-order chi connectivity index (χ1) is 16.8. The van der Waals surface area contributed by atoms with Crippen molar-refractivity contribution in [1.82, 2.24) is 9.55 Å². The van der Waals surface area contributed by atoms with Crippen LogP contribution >= 0.6 is 24.0 Å². The number of terminal acetylenes is 1. The van der Waals surface area contributed by atoms with Crippen molar-refractivity contribution in [3.8, 4) is 12.3 Å². The number of H-pyrrole nitrogens is 1. The summed E-state index contributed by atoms with van der Waals surface area (Å²) in [5.74, 6) is 2.32. The Balaban J connectivity index is 1.73. The molecule has 0 amide bonds. The topological polar surface area (TPSA) is 82.6 Å². The maximum absolute atomic E-state index is 13.2. The molecule has 1 N–H and O–H groups in total. The standard InChI is InChI=1S/C24H25F3N2O5S2/c1-5-10-32-17-11-19(29-12-16(24(25,26)27)20(30)28-22(29)31)34-18(17)13-33-21(35)14-6-8-15(9-7-14)36-23(2,3)4/h1,6-9,12,17-19H,10-11,13H2,2-4H3,(H,28,30,31)/t17-,18+,19+/m0/s1. The molecule has 36 heavy (non-hydrogen) atoms. The highest BCUT2D eigenvalue weighted by Crippen LogP contribution is 2.33. The van der Waals surface area contributed by atoms with Gasteiger partial charge in [0.05, 0.1) is 6.10 Å². The van der Waals surface area contributed by atoms with Crippen LogP contribution in [0.4, 0.5) is 13.2 Å². The molecule has 0 unspecified atom stereocenters. The van der Waals surface area contributed by atoms with E-state index in [4.69, 9.17) is 32.9 Å². The molecule has 1 fully saturated rings. The number of thioether (sulfide) groups is 1. The highest BCUT2D eigenvalue weighted by atomic mass is 32.2. The lowest BCUT2D eigenvalue weighted by atomic mass is 10.2. The molecule has 0 bridgehead atoms. The van der Waals surface area contributed by atoms with Crippen LogP contribution in [0.5, 0.6) is 0 Å². The number of alkyl halides is 3. The molecule has 0 radical (unpaired) electrons. The second-order valence-corrected chi connectivity index (χ2v) is 11.2. The molecule has 3 rings (SSSR count). The first-order valence-corrected chi connectivity index (χ1v) is 12.1. The molecule has 1 aliphatic rings. The molecule has 1 aromatic heterocycles. The zero-order chi connectivity index (χ0) is 26.7. The summed E-state index contributed by atoms with van der Waals surface area (Å²) < 4.78 is 57.4. The number of nitrogens with zero attached hydrogens (tertiary/aromatic N) is 1. The predicted molar refractivity (Wildman–Crippen MR) is 133 cm³/mol. The van der Waals surface area contributed by atoms with Crippen molar-refractivity contribution >= 4 is 29.0 Å². The highest BCUT2D eigenvalue weighted by molar-refractivity contribution is 8.00. The fourth-order valence-corrected chi connectivity index (χ4v) is 4.69. The molecular formula is C24H25F3N2O5S2. The Morgan fingerprint density at radius 2 is 1.94 bits per heavy atom. The average molecular weight is 543 g/mol. The fraction of sp³-hybridized carbons (Fsp3) is 0.458. The van der Waals surface area contributed by atoms with Gasteiger partial charge in [0.25, 0.3) is 5.56 Å². The predicted octanol–water partition coefficient (Wildman–Crippen LogP) is 4.14. The summed E-state index contributed by atoms with van der Waals surface area (Å²) in [7, 11) is 0. The number of thiocarbonyl (C=S) groups is 1. The third-order valence-corrected chi connectivity index (χ3v) is 6.51. The van der Waals surface area contributed by atoms with Gasteiger partial charge < -0.3 is 14.2 Å². The molecule has 1 saturated heterocycles. The Morgan fingerprint density at radius 1 is 1.28 bits per heavy atom. The van der Waals surface area contributed by atoms with Gasteiger partial charge in [0.15, 0.2) is 5.05 Å². The summed E-state index contributed by atoms with van der Waals surface area (Å²) in [6.07, 6.45) is -1.86. The lowest BCUT2D eigenvalue weighted by molar-refractivity contribution is -0.139. The number of rotatable bonds is 7. The van der Waals surface area contributed by atoms with E-state index in [1.165, 1.54) is 0 Å². The average Bonchev–Trinajstić information content (AvgIpc) is 3.17. The van der Waals surface area contributed by atoms with E-state index in [-0.39, 0.29) is 29.4 Å². The summed E-state index contributed by atoms with van der Waals surface area (Å²) in [6, 6.07) is 7.53. The van der Waals surface area contributed by atoms with Gasteiger partial charge in [-0.2, -0.15) is 13.2 Å². The second kappa shape index (κ2) is 11.2. The van der Waals surface area contributed by atoms with Gasteiger partial charge in [-0.25, -0.2) is 4.79 Å². The molecule has 1 aromatic carbocycles. The summed E-state index contributed by atoms with van der Waals surface area (Å²) in [5, 5.41) is 0.200. The van der Waals surface area contributed by atoms with Crippen LogP contribution in [0.3, 0.4) is 0 Å². The second-order valence-electron chi connectivity index (χ2n) is 8.96. The normalized spacial score (nSPS) is 20.2. The minimum Gasteiger partial charge on any atom is -0.480 e. The Morgan fingerprint density at radius 3 is 2.53 bits per heavy atom. The molecule has 194 valence electrons. The fourth-order valence-electron chi connectivity index (χ4n) is 3.51. The maximum Gasteiger partial charge on any atom is 0.423 e. The van der Waals surface area contributed by atoms with Crippen molar-refractivity contribution in [2.75, 3.05) is 13.2 Å². The number of ether oxygens (including phenoxy) is 3. The number of nitrogens with one attached hydrogen (secondary N) is 1. The van der Waals surface area contributed by atoms with E-state index in [2.05, 4.69) is 26.7 Å². The van der Waals surface area contributed by atoms with Crippen molar-refractivity contribution in [2.24, 2.45) is 0 Å². The van der Waals surface area contributed by atoms with Gasteiger partial charge in [0.1, 0.15) is 31.1 Å². The molecule has 0 aliphatic carbocycles. The first-order valence-electron chi connectivity index (χ1n) is 10.9. The van der Waals surface area contributed by atoms with E-state index < -0.39 is 41.4 Å². The van der Waals surface area contributed by atoms with Gasteiger partial charge in [-0.1, -0.05) is 26.7 Å². The summed E-state index contributed by atoms with van der Waals surface area (Å²) in [4.78, 5) is 26.6. The molecule has 3 atom stereocenters. The van der Waals surface area contributed by atoms with Crippen LogP contribution < -0.4 is 11.2 Å². The van der Waals surface area contributed by atoms with Gasteiger partial charge in [-0.3, -0.25) is 14.3 Å². The van der Waals surface area contributed by atoms with E-state index >= 15 is 0 Å². The highest BCUT2D eigenvalue weighted by Gasteiger charge is 2.40. The van der Waals surface area contributed by atoms with E-state index in [1.807, 2.05) is 24.3 Å². The van der Waals surface area contributed by atoms with Crippen molar-refractivity contribution in [3.63, 3.8) is 0 Å². The molecule has 12 heteroatoms. The molecule has 0 spiro atoms. The summed E-state index contributed by atoms with van der Waals surface area (Å²) >= 11 is 7.08. The van der Waals surface area contributed by atoms with Gasteiger partial charge in [-0.05, 0) is 36.5 Å². The number of hydrogen-bond acceptors (Lipinski definition) is 7. The van der Waals surface area contributed by atoms with Gasteiger partial charge in [-0.15, -0.1) is 18.2 Å². The van der Waals surface area contributed by atoms with Crippen LogP contribution in [0.2, 0.25) is 0 Å². The third-order valence-electron chi connectivity index (χ3n) is 5.04. The Kier molecular flexibility index (Phi) is 8.71. The Labute approximate surface area is 215 Å². The van der Waals surface area contributed by atoms with E-state index in [0.29, 0.717) is 16.3 Å². The number of halogens is 3. The van der Waals surface area contributed by atoms with Gasteiger partial charge >= 0.3 is 11.9 Å². The largest absolute Gasteiger partial charge is 0.480 e. The minimum absolute atomic E-state index is 0.00440. The Hall–Kier alpha value is -2.59. The molecule has 1 aliphatic heterocycles. The lowest BCUT2D eigenvalue weighted by Crippen LogP contribution is -2.36. The van der Waals surface area contributed by atoms with Crippen LogP contribution in [0.15, 0.2) is 44.9 Å². The van der Waals surface area contributed by atoms with Crippen LogP contribution in [-0.2, 0) is 20.4 Å². The molecule has 2 heterocycles. The van der Waals surface area contributed by atoms with Crippen molar-refractivity contribution < 1.29 is 27.4 Å². The monoisotopic (exact) mass is 542 g/mol. The van der Waals surface area contributed by atoms with Crippen LogP contribution in [0.1, 0.15) is 44.5 Å². The summed E-state index contributed by atoms with van der Waals surface area (Å²) in [6.45, 7) is 6.16. The quantitative estimate of drug-likeness (QED) is 0.320. The van der Waals surface area contributed by atoms with Crippen LogP contribution in [-0.4, -0.2) is 44.8 Å². The number of aromatic nitrogens is 2. The molecule has 7 nitrogen and oxygen atoms in total. The first kappa shape index (κ1) is 28.0. The van der Waals surface area contributed by atoms with Crippen molar-refractivity contribution in [2.45, 2.75) is 61.4 Å². The van der Waals surface area contributed by atoms with E-state index in [0.717, 1.165) is 4.90 Å². The summed E-state index contributed by atoms with van der Waals surface area (Å²) in [5.41, 5.74) is -3.41. The van der Waals surface area contributed by atoms with Crippen LogP contribution in [0, 0.1) is 12.3 Å². The number of aromatic amines is 1. The molecule has 2 aromatic rings. The molecule has 0 saturated carbocycles.